The van der Waals surface area contributed by atoms with Gasteiger partial charge < -0.3 is 14.0 Å². The van der Waals surface area contributed by atoms with Crippen LogP contribution in [0.3, 0.4) is 0 Å². The maximum Gasteiger partial charge on any atom is 0.268 e. The van der Waals surface area contributed by atoms with Gasteiger partial charge in [-0.2, -0.15) is 5.26 Å². The first kappa shape index (κ1) is 15.9. The molecule has 0 N–H and O–H groups in total. The van der Waals surface area contributed by atoms with Crippen molar-refractivity contribution in [2.75, 3.05) is 13.7 Å². The number of hydrogen-bond acceptors (Lipinski definition) is 5. The summed E-state index contributed by atoms with van der Waals surface area (Å²) in [5.41, 5.74) is 0.617. The van der Waals surface area contributed by atoms with Gasteiger partial charge in [0.1, 0.15) is 4.66 Å². The van der Waals surface area contributed by atoms with Gasteiger partial charge in [-0.15, -0.1) is 11.3 Å². The number of para-hydroxylation sites is 1. The summed E-state index contributed by atoms with van der Waals surface area (Å²) in [4.78, 5) is 12.2. The van der Waals surface area contributed by atoms with E-state index in [0.29, 0.717) is 27.3 Å². The minimum Gasteiger partial charge on any atom is -0.492 e. The van der Waals surface area contributed by atoms with Crippen molar-refractivity contribution in [1.29, 1.82) is 5.26 Å². The van der Waals surface area contributed by atoms with Gasteiger partial charge in [0.15, 0.2) is 11.5 Å². The zero-order chi connectivity index (χ0) is 16.1. The average molecular weight is 316 g/mol. The van der Waals surface area contributed by atoms with Gasteiger partial charge >= 0.3 is 0 Å². The number of thiazole rings is 1. The van der Waals surface area contributed by atoms with E-state index in [9.17, 15) is 4.79 Å². The van der Waals surface area contributed by atoms with Crippen LogP contribution in [-0.4, -0.2) is 18.3 Å². The van der Waals surface area contributed by atoms with Gasteiger partial charge in [-0.1, -0.05) is 12.1 Å². The Labute approximate surface area is 132 Å². The predicted molar refractivity (Wildman–Crippen MR) is 86.6 cm³/mol. The van der Waals surface area contributed by atoms with Crippen LogP contribution in [0.2, 0.25) is 0 Å². The van der Waals surface area contributed by atoms with Crippen molar-refractivity contribution in [3.05, 3.63) is 43.3 Å². The van der Waals surface area contributed by atoms with Crippen LogP contribution >= 0.6 is 11.3 Å². The Bertz CT molecular complexity index is 888. The summed E-state index contributed by atoms with van der Waals surface area (Å²) in [6.45, 7) is 2.43. The summed E-state index contributed by atoms with van der Waals surface area (Å²) in [5, 5.41) is 8.75. The fourth-order valence-corrected chi connectivity index (χ4v) is 3.01. The minimum atomic E-state index is -0.143. The van der Waals surface area contributed by atoms with Gasteiger partial charge in [0, 0.05) is 18.7 Å². The lowest BCUT2D eigenvalue weighted by Crippen LogP contribution is -2.28. The zero-order valence-corrected chi connectivity index (χ0v) is 13.4. The Morgan fingerprint density at radius 1 is 1.45 bits per heavy atom. The number of aromatic nitrogens is 1. The van der Waals surface area contributed by atoms with E-state index in [4.69, 9.17) is 14.7 Å². The van der Waals surface area contributed by atoms with E-state index in [1.165, 1.54) is 22.0 Å². The van der Waals surface area contributed by atoms with Crippen LogP contribution in [0.4, 0.5) is 0 Å². The Morgan fingerprint density at radius 2 is 2.23 bits per heavy atom. The molecular weight excluding hydrogens is 300 g/mol. The van der Waals surface area contributed by atoms with Crippen molar-refractivity contribution in [3.8, 4) is 17.6 Å². The molecule has 1 aromatic carbocycles. The lowest BCUT2D eigenvalue weighted by atomic mass is 10.2. The number of methoxy groups -OCH3 is 1. The topological polar surface area (TPSA) is 64.2 Å². The van der Waals surface area contributed by atoms with Gasteiger partial charge in [0.05, 0.1) is 24.3 Å². The first-order chi connectivity index (χ1) is 10.6. The number of benzene rings is 1. The maximum absolute atomic E-state index is 12.2. The Balaban J connectivity index is 2.67. The van der Waals surface area contributed by atoms with Crippen molar-refractivity contribution in [1.82, 2.24) is 4.57 Å². The molecule has 6 heteroatoms. The molecule has 0 bridgehead atoms. The van der Waals surface area contributed by atoms with Crippen molar-refractivity contribution in [2.45, 2.75) is 6.92 Å². The first-order valence-corrected chi connectivity index (χ1v) is 7.51. The molecule has 0 radical (unpaired) electrons. The Kier molecular flexibility index (Phi) is 5.02. The molecule has 2 aromatic rings. The molecule has 22 heavy (non-hydrogen) atoms. The fourth-order valence-electron chi connectivity index (χ4n) is 2.04. The molecule has 0 aliphatic carbocycles. The maximum atomic E-state index is 12.2. The molecule has 0 spiro atoms. The summed E-state index contributed by atoms with van der Waals surface area (Å²) in [6.07, 6.45) is 3.11. The third-order valence-electron chi connectivity index (χ3n) is 3.05. The van der Waals surface area contributed by atoms with E-state index in [1.54, 1.807) is 20.2 Å². The summed E-state index contributed by atoms with van der Waals surface area (Å²) in [6, 6.07) is 7.47. The summed E-state index contributed by atoms with van der Waals surface area (Å²) < 4.78 is 13.5. The molecule has 5 nitrogen and oxygen atoms in total. The van der Waals surface area contributed by atoms with Crippen LogP contribution in [0.5, 0.6) is 11.5 Å². The highest BCUT2D eigenvalue weighted by molar-refractivity contribution is 7.07. The molecule has 0 atom stereocenters. The molecular formula is C16H16N2O3S. The van der Waals surface area contributed by atoms with Gasteiger partial charge in [-0.3, -0.25) is 4.79 Å². The van der Waals surface area contributed by atoms with E-state index in [2.05, 4.69) is 0 Å². The van der Waals surface area contributed by atoms with Gasteiger partial charge in [-0.05, 0) is 19.1 Å². The van der Waals surface area contributed by atoms with Gasteiger partial charge in [-0.25, -0.2) is 0 Å². The molecule has 1 aromatic heterocycles. The number of nitrogens with zero attached hydrogens (tertiary/aromatic N) is 2. The SMILES string of the molecule is CCOc1cccc(/C=c2\s/c(=C\C#N)n(C)c2=O)c1OC. The van der Waals surface area contributed by atoms with Crippen LogP contribution in [0.25, 0.3) is 12.2 Å². The molecule has 0 saturated heterocycles. The molecule has 1 heterocycles. The average Bonchev–Trinajstić information content (AvgIpc) is 2.77. The normalized spacial score (nSPS) is 12.3. The molecule has 114 valence electrons. The Hall–Kier alpha value is -2.52. The molecule has 0 fully saturated rings. The van der Waals surface area contributed by atoms with Crippen molar-refractivity contribution in [3.63, 3.8) is 0 Å². The third kappa shape index (κ3) is 3.05. The minimum absolute atomic E-state index is 0.143. The summed E-state index contributed by atoms with van der Waals surface area (Å²) in [5.74, 6) is 1.22. The summed E-state index contributed by atoms with van der Waals surface area (Å²) in [7, 11) is 3.21. The number of hydrogen-bond donors (Lipinski definition) is 0. The van der Waals surface area contributed by atoms with E-state index < -0.39 is 0 Å². The molecule has 0 unspecified atom stereocenters. The second kappa shape index (κ2) is 6.96. The standard InChI is InChI=1S/C16H16N2O3S/c1-4-21-12-7-5-6-11(15(12)20-3)10-13-16(19)18(2)14(22-13)8-9-17/h5-8,10H,4H2,1-3H3/b13-10-,14-8-. The van der Waals surface area contributed by atoms with Crippen LogP contribution in [0.15, 0.2) is 23.0 Å². The molecule has 0 aliphatic rings. The first-order valence-electron chi connectivity index (χ1n) is 6.69. The lowest BCUT2D eigenvalue weighted by molar-refractivity contribution is 0.310. The largest absolute Gasteiger partial charge is 0.492 e. The van der Waals surface area contributed by atoms with Crippen LogP contribution in [0.1, 0.15) is 12.5 Å². The van der Waals surface area contributed by atoms with E-state index in [0.717, 1.165) is 5.56 Å². The predicted octanol–water partition coefficient (Wildman–Crippen LogP) is 0.987. The monoisotopic (exact) mass is 316 g/mol. The molecule has 0 aliphatic heterocycles. The van der Waals surface area contributed by atoms with Crippen molar-refractivity contribution in [2.24, 2.45) is 7.05 Å². The molecule has 0 amide bonds. The highest BCUT2D eigenvalue weighted by Crippen LogP contribution is 2.31. The molecule has 2 rings (SSSR count). The number of ether oxygens (including phenoxy) is 2. The fraction of sp³-hybridized carbons (Fsp3) is 0.250. The number of nitriles is 1. The van der Waals surface area contributed by atoms with E-state index in [-0.39, 0.29) is 5.56 Å². The van der Waals surface area contributed by atoms with Crippen LogP contribution < -0.4 is 24.2 Å². The quantitative estimate of drug-likeness (QED) is 0.844. The smallest absolute Gasteiger partial charge is 0.268 e. The molecule has 0 saturated carbocycles. The van der Waals surface area contributed by atoms with E-state index in [1.807, 2.05) is 31.2 Å². The Morgan fingerprint density at radius 3 is 2.86 bits per heavy atom. The van der Waals surface area contributed by atoms with Crippen LogP contribution in [0, 0.1) is 11.3 Å². The highest BCUT2D eigenvalue weighted by atomic mass is 32.1. The number of rotatable bonds is 4. The third-order valence-corrected chi connectivity index (χ3v) is 4.16. The van der Waals surface area contributed by atoms with Crippen molar-refractivity contribution >= 4 is 23.5 Å². The summed E-state index contributed by atoms with van der Waals surface area (Å²) >= 11 is 1.26. The zero-order valence-electron chi connectivity index (χ0n) is 12.6. The van der Waals surface area contributed by atoms with Crippen LogP contribution in [-0.2, 0) is 7.05 Å². The second-order valence-corrected chi connectivity index (χ2v) is 5.46. The lowest BCUT2D eigenvalue weighted by Gasteiger charge is -2.11. The van der Waals surface area contributed by atoms with Crippen molar-refractivity contribution < 1.29 is 9.47 Å². The van der Waals surface area contributed by atoms with Gasteiger partial charge in [0.25, 0.3) is 5.56 Å². The van der Waals surface area contributed by atoms with Gasteiger partial charge in [0.2, 0.25) is 0 Å². The highest BCUT2D eigenvalue weighted by Gasteiger charge is 2.09. The second-order valence-electron chi connectivity index (χ2n) is 4.40. The van der Waals surface area contributed by atoms with E-state index >= 15 is 0 Å².